The second-order valence-corrected chi connectivity index (χ2v) is 8.71. The first kappa shape index (κ1) is 28.5. The molecule has 3 heterocycles. The topological polar surface area (TPSA) is 129 Å². The third kappa shape index (κ3) is 7.25. The third-order valence-corrected chi connectivity index (χ3v) is 5.84. The standard InChI is InChI=1S/C22H23FN4O4.C2HF3O2/c1-15(28)27-12-19(20(29)25-18-6-2-5-17(23)10-18)31-22(14-27)7-9-26(13-22)21(30)16-4-3-8-24-11-16;3-2(4,5)1(6)7/h2-6,8,10-11,19H,7,9,12-14H2,1H3,(H,25,29);(H,6,7). The minimum absolute atomic E-state index is 0.0920. The quantitative estimate of drug-likeness (QED) is 0.572. The normalized spacial score (nSPS) is 20.9. The number of carboxylic acids is 1. The number of carboxylic acid groups (broad SMARTS) is 1. The lowest BCUT2D eigenvalue weighted by Crippen LogP contribution is -2.60. The molecule has 2 aromatic rings. The van der Waals surface area contributed by atoms with Gasteiger partial charge in [0, 0.05) is 31.5 Å². The lowest BCUT2D eigenvalue weighted by Gasteiger charge is -2.43. The summed E-state index contributed by atoms with van der Waals surface area (Å²) in [4.78, 5) is 53.9. The highest BCUT2D eigenvalue weighted by molar-refractivity contribution is 5.95. The summed E-state index contributed by atoms with van der Waals surface area (Å²) >= 11 is 0. The Bertz CT molecular complexity index is 1200. The lowest BCUT2D eigenvalue weighted by molar-refractivity contribution is -0.192. The van der Waals surface area contributed by atoms with Crippen LogP contribution in [0.25, 0.3) is 0 Å². The van der Waals surface area contributed by atoms with Crippen LogP contribution >= 0.6 is 0 Å². The van der Waals surface area contributed by atoms with E-state index in [1.54, 1.807) is 34.2 Å². The highest BCUT2D eigenvalue weighted by atomic mass is 19.4. The Morgan fingerprint density at radius 2 is 1.82 bits per heavy atom. The maximum absolute atomic E-state index is 13.4. The van der Waals surface area contributed by atoms with Crippen molar-refractivity contribution >= 4 is 29.4 Å². The number of morpholine rings is 1. The maximum Gasteiger partial charge on any atom is 0.490 e. The molecule has 4 rings (SSSR count). The molecule has 14 heteroatoms. The largest absolute Gasteiger partial charge is 0.490 e. The van der Waals surface area contributed by atoms with Gasteiger partial charge in [-0.1, -0.05) is 6.07 Å². The van der Waals surface area contributed by atoms with Gasteiger partial charge in [0.1, 0.15) is 11.4 Å². The molecule has 2 fully saturated rings. The molecular weight excluding hydrogens is 516 g/mol. The summed E-state index contributed by atoms with van der Waals surface area (Å²) < 4.78 is 51.4. The van der Waals surface area contributed by atoms with Gasteiger partial charge in [-0.25, -0.2) is 9.18 Å². The molecule has 2 N–H and O–H groups in total. The number of aromatic nitrogens is 1. The van der Waals surface area contributed by atoms with E-state index in [4.69, 9.17) is 14.6 Å². The first-order valence-electron chi connectivity index (χ1n) is 11.3. The van der Waals surface area contributed by atoms with E-state index in [1.165, 1.54) is 31.3 Å². The van der Waals surface area contributed by atoms with Crippen molar-refractivity contribution in [3.05, 3.63) is 60.2 Å². The number of alkyl halides is 3. The van der Waals surface area contributed by atoms with Crippen molar-refractivity contribution in [2.24, 2.45) is 0 Å². The first-order valence-corrected chi connectivity index (χ1v) is 11.3. The summed E-state index contributed by atoms with van der Waals surface area (Å²) in [6.07, 6.45) is -2.42. The molecule has 1 aromatic carbocycles. The van der Waals surface area contributed by atoms with Crippen molar-refractivity contribution in [2.45, 2.75) is 31.2 Å². The highest BCUT2D eigenvalue weighted by Crippen LogP contribution is 2.33. The number of pyridine rings is 1. The molecule has 2 aliphatic rings. The van der Waals surface area contributed by atoms with Crippen LogP contribution in [0.3, 0.4) is 0 Å². The first-order chi connectivity index (χ1) is 17.8. The van der Waals surface area contributed by atoms with E-state index in [2.05, 4.69) is 10.3 Å². The second-order valence-electron chi connectivity index (χ2n) is 8.71. The van der Waals surface area contributed by atoms with Crippen molar-refractivity contribution in [1.82, 2.24) is 14.8 Å². The predicted octanol–water partition coefficient (Wildman–Crippen LogP) is 2.32. The molecule has 1 aromatic heterocycles. The average molecular weight is 540 g/mol. The number of amides is 3. The number of hydrogen-bond acceptors (Lipinski definition) is 6. The average Bonchev–Trinajstić information content (AvgIpc) is 3.26. The maximum atomic E-state index is 13.4. The van der Waals surface area contributed by atoms with E-state index in [0.29, 0.717) is 30.8 Å². The molecule has 10 nitrogen and oxygen atoms in total. The second kappa shape index (κ2) is 11.5. The van der Waals surface area contributed by atoms with Crippen molar-refractivity contribution in [3.8, 4) is 0 Å². The number of carbonyl (C=O) groups excluding carboxylic acids is 3. The smallest absolute Gasteiger partial charge is 0.475 e. The van der Waals surface area contributed by atoms with Crippen LogP contribution in [-0.2, 0) is 19.1 Å². The monoisotopic (exact) mass is 540 g/mol. The lowest BCUT2D eigenvalue weighted by atomic mass is 9.98. The fourth-order valence-electron chi connectivity index (χ4n) is 4.07. The number of rotatable bonds is 3. The number of ether oxygens (including phenoxy) is 1. The SMILES string of the molecule is CC(=O)N1CC(C(=O)Nc2cccc(F)c2)OC2(CCN(C(=O)c3cccnc3)C2)C1.O=C(O)C(F)(F)F. The van der Waals surface area contributed by atoms with Gasteiger partial charge in [0.15, 0.2) is 6.10 Å². The Labute approximate surface area is 214 Å². The molecular formula is C24H24F4N4O6. The number of anilines is 1. The summed E-state index contributed by atoms with van der Waals surface area (Å²) in [5.74, 6) is -4.04. The van der Waals surface area contributed by atoms with Crippen LogP contribution in [0.5, 0.6) is 0 Å². The van der Waals surface area contributed by atoms with Crippen LogP contribution in [0.1, 0.15) is 23.7 Å². The number of benzene rings is 1. The number of nitrogens with zero attached hydrogens (tertiary/aromatic N) is 3. The van der Waals surface area contributed by atoms with Crippen molar-refractivity contribution in [3.63, 3.8) is 0 Å². The Balaban J connectivity index is 0.000000505. The van der Waals surface area contributed by atoms with Crippen LogP contribution in [0.15, 0.2) is 48.8 Å². The Hall–Kier alpha value is -4.07. The molecule has 2 saturated heterocycles. The van der Waals surface area contributed by atoms with Crippen LogP contribution in [-0.4, -0.2) is 87.6 Å². The van der Waals surface area contributed by atoms with Gasteiger partial charge in [-0.15, -0.1) is 0 Å². The fourth-order valence-corrected chi connectivity index (χ4v) is 4.07. The van der Waals surface area contributed by atoms with Gasteiger partial charge in [-0.2, -0.15) is 13.2 Å². The number of carbonyl (C=O) groups is 4. The van der Waals surface area contributed by atoms with E-state index in [9.17, 15) is 31.9 Å². The summed E-state index contributed by atoms with van der Waals surface area (Å²) in [5.41, 5.74) is -0.0623. The van der Waals surface area contributed by atoms with Gasteiger partial charge in [0.05, 0.1) is 25.2 Å². The minimum atomic E-state index is -5.08. The number of aliphatic carboxylic acids is 1. The highest BCUT2D eigenvalue weighted by Gasteiger charge is 2.49. The molecule has 204 valence electrons. The zero-order valence-corrected chi connectivity index (χ0v) is 20.1. The summed E-state index contributed by atoms with van der Waals surface area (Å²) in [5, 5.41) is 9.77. The molecule has 1 spiro atoms. The molecule has 38 heavy (non-hydrogen) atoms. The molecule has 0 bridgehead atoms. The predicted molar refractivity (Wildman–Crippen MR) is 123 cm³/mol. The van der Waals surface area contributed by atoms with Crippen molar-refractivity contribution in [2.75, 3.05) is 31.5 Å². The molecule has 2 atom stereocenters. The molecule has 0 aliphatic carbocycles. The fraction of sp³-hybridized carbons (Fsp3) is 0.375. The van der Waals surface area contributed by atoms with Crippen LogP contribution in [0.2, 0.25) is 0 Å². The molecule has 0 saturated carbocycles. The van der Waals surface area contributed by atoms with E-state index >= 15 is 0 Å². The van der Waals surface area contributed by atoms with Crippen LogP contribution < -0.4 is 5.32 Å². The molecule has 2 aliphatic heterocycles. The van der Waals surface area contributed by atoms with Gasteiger partial charge in [0.25, 0.3) is 11.8 Å². The van der Waals surface area contributed by atoms with E-state index in [1.807, 2.05) is 0 Å². The van der Waals surface area contributed by atoms with Gasteiger partial charge >= 0.3 is 12.1 Å². The number of halogens is 4. The number of nitrogens with one attached hydrogen (secondary N) is 1. The summed E-state index contributed by atoms with van der Waals surface area (Å²) in [6, 6.07) is 8.95. The Morgan fingerprint density at radius 1 is 1.13 bits per heavy atom. The van der Waals surface area contributed by atoms with E-state index in [-0.39, 0.29) is 24.9 Å². The molecule has 3 amide bonds. The zero-order chi connectivity index (χ0) is 28.1. The van der Waals surface area contributed by atoms with Gasteiger partial charge in [-0.3, -0.25) is 19.4 Å². The van der Waals surface area contributed by atoms with E-state index < -0.39 is 35.6 Å². The van der Waals surface area contributed by atoms with Gasteiger partial charge < -0.3 is 25.0 Å². The Morgan fingerprint density at radius 3 is 2.39 bits per heavy atom. The van der Waals surface area contributed by atoms with Crippen LogP contribution in [0, 0.1) is 5.82 Å². The third-order valence-electron chi connectivity index (χ3n) is 5.84. The molecule has 2 unspecified atom stereocenters. The summed E-state index contributed by atoms with van der Waals surface area (Å²) in [6.45, 7) is 2.53. The van der Waals surface area contributed by atoms with Gasteiger partial charge in [0.2, 0.25) is 5.91 Å². The number of likely N-dealkylation sites (tertiary alicyclic amines) is 1. The minimum Gasteiger partial charge on any atom is -0.475 e. The van der Waals surface area contributed by atoms with E-state index in [0.717, 1.165) is 0 Å². The van der Waals surface area contributed by atoms with Crippen LogP contribution in [0.4, 0.5) is 23.2 Å². The number of hydrogen-bond donors (Lipinski definition) is 2. The Kier molecular flexibility index (Phi) is 8.66. The van der Waals surface area contributed by atoms with Gasteiger partial charge in [-0.05, 0) is 36.8 Å². The zero-order valence-electron chi connectivity index (χ0n) is 20.1. The summed E-state index contributed by atoms with van der Waals surface area (Å²) in [7, 11) is 0. The van der Waals surface area contributed by atoms with Crippen molar-refractivity contribution in [1.29, 1.82) is 0 Å². The molecule has 0 radical (unpaired) electrons. The van der Waals surface area contributed by atoms with Crippen molar-refractivity contribution < 1.29 is 46.6 Å².